The van der Waals surface area contributed by atoms with Crippen LogP contribution in [0.1, 0.15) is 35.4 Å². The van der Waals surface area contributed by atoms with E-state index in [2.05, 4.69) is 0 Å². The van der Waals surface area contributed by atoms with Crippen LogP contribution in [0.3, 0.4) is 0 Å². The Bertz CT molecular complexity index is 345. The summed E-state index contributed by atoms with van der Waals surface area (Å²) < 4.78 is 27.0. The lowest BCUT2D eigenvalue weighted by Gasteiger charge is -2.29. The number of Topliss-reactive ketones (excluding diaryl/α,β-unsaturated/α-hetero) is 1. The Hall–Kier alpha value is -0.770. The number of rotatable bonds is 2. The van der Waals surface area contributed by atoms with Crippen molar-refractivity contribution in [1.29, 1.82) is 0 Å². The third-order valence-electron chi connectivity index (χ3n) is 2.84. The molecule has 1 nitrogen and oxygen atoms in total. The lowest BCUT2D eigenvalue weighted by molar-refractivity contribution is -0.0708. The summed E-state index contributed by atoms with van der Waals surface area (Å²) in [7, 11) is 0. The lowest BCUT2D eigenvalue weighted by Crippen LogP contribution is -2.37. The van der Waals surface area contributed by atoms with E-state index in [0.717, 1.165) is 6.42 Å². The first-order valence-corrected chi connectivity index (χ1v) is 5.95. The van der Waals surface area contributed by atoms with Gasteiger partial charge < -0.3 is 0 Å². The van der Waals surface area contributed by atoms with Crippen molar-refractivity contribution in [1.82, 2.24) is 0 Å². The Kier molecular flexibility index (Phi) is 2.87. The molecular formula is C11H12F2OS. The van der Waals surface area contributed by atoms with Gasteiger partial charge in [-0.3, -0.25) is 4.79 Å². The van der Waals surface area contributed by atoms with Gasteiger partial charge in [-0.2, -0.15) is 0 Å². The monoisotopic (exact) mass is 230 g/mol. The van der Waals surface area contributed by atoms with E-state index in [-0.39, 0.29) is 12.2 Å². The molecule has 1 aliphatic rings. The van der Waals surface area contributed by atoms with Gasteiger partial charge in [-0.15, -0.1) is 11.3 Å². The number of halogens is 2. The Morgan fingerprint density at radius 2 is 2.27 bits per heavy atom. The fraction of sp³-hybridized carbons (Fsp3) is 0.545. The first-order valence-electron chi connectivity index (χ1n) is 5.07. The molecule has 0 radical (unpaired) electrons. The molecule has 0 aliphatic heterocycles. The predicted octanol–water partition coefficient (Wildman–Crippen LogP) is 3.76. The third-order valence-corrected chi connectivity index (χ3v) is 3.73. The van der Waals surface area contributed by atoms with Gasteiger partial charge in [0.15, 0.2) is 5.78 Å². The van der Waals surface area contributed by atoms with Gasteiger partial charge in [-0.25, -0.2) is 8.78 Å². The van der Waals surface area contributed by atoms with Crippen LogP contribution in [-0.4, -0.2) is 11.7 Å². The van der Waals surface area contributed by atoms with E-state index in [4.69, 9.17) is 0 Å². The highest BCUT2D eigenvalue weighted by Crippen LogP contribution is 2.40. The van der Waals surface area contributed by atoms with Gasteiger partial charge in [0.05, 0.1) is 10.8 Å². The summed E-state index contributed by atoms with van der Waals surface area (Å²) in [6.07, 6.45) is 1.44. The van der Waals surface area contributed by atoms with Crippen LogP contribution in [0, 0.1) is 5.92 Å². The smallest absolute Gasteiger partial charge is 0.258 e. The second-order valence-corrected chi connectivity index (χ2v) is 4.85. The van der Waals surface area contributed by atoms with Gasteiger partial charge in [0.2, 0.25) is 0 Å². The Labute approximate surface area is 91.1 Å². The first kappa shape index (κ1) is 10.7. The molecule has 1 unspecified atom stereocenters. The minimum absolute atomic E-state index is 0.144. The molecule has 15 heavy (non-hydrogen) atoms. The number of ketones is 1. The Morgan fingerprint density at radius 1 is 1.47 bits per heavy atom. The molecular weight excluding hydrogens is 218 g/mol. The topological polar surface area (TPSA) is 17.1 Å². The van der Waals surface area contributed by atoms with Crippen molar-refractivity contribution < 1.29 is 13.6 Å². The zero-order chi connectivity index (χ0) is 10.9. The number of carbonyl (C=O) groups excluding carboxylic acids is 1. The van der Waals surface area contributed by atoms with E-state index in [9.17, 15) is 13.6 Å². The number of thiophene rings is 1. The highest BCUT2D eigenvalue weighted by atomic mass is 32.1. The van der Waals surface area contributed by atoms with Crippen LogP contribution in [0.4, 0.5) is 8.78 Å². The Morgan fingerprint density at radius 3 is 2.87 bits per heavy atom. The van der Waals surface area contributed by atoms with Crippen molar-refractivity contribution >= 4 is 17.1 Å². The average molecular weight is 230 g/mol. The molecule has 1 aromatic rings. The maximum Gasteiger partial charge on any atom is 0.258 e. The zero-order valence-electron chi connectivity index (χ0n) is 8.21. The number of hydrogen-bond acceptors (Lipinski definition) is 2. The van der Waals surface area contributed by atoms with Crippen LogP contribution in [-0.2, 0) is 0 Å². The summed E-state index contributed by atoms with van der Waals surface area (Å²) in [5.41, 5.74) is 0. The Balaban J connectivity index is 2.19. The normalized spacial score (nSPS) is 25.1. The molecule has 1 heterocycles. The van der Waals surface area contributed by atoms with E-state index >= 15 is 0 Å². The van der Waals surface area contributed by atoms with E-state index in [0.29, 0.717) is 17.7 Å². The van der Waals surface area contributed by atoms with Gasteiger partial charge in [0.1, 0.15) is 0 Å². The first-order chi connectivity index (χ1) is 7.11. The van der Waals surface area contributed by atoms with Gasteiger partial charge >= 0.3 is 0 Å². The van der Waals surface area contributed by atoms with Crippen LogP contribution >= 0.6 is 11.3 Å². The highest BCUT2D eigenvalue weighted by Gasteiger charge is 2.45. The summed E-state index contributed by atoms with van der Waals surface area (Å²) in [6.45, 7) is 0. The number of alkyl halides is 2. The predicted molar refractivity (Wildman–Crippen MR) is 55.6 cm³/mol. The van der Waals surface area contributed by atoms with Crippen molar-refractivity contribution in [3.8, 4) is 0 Å². The summed E-state index contributed by atoms with van der Waals surface area (Å²) in [4.78, 5) is 12.3. The molecule has 0 aromatic carbocycles. The number of carbonyl (C=O) groups is 1. The van der Waals surface area contributed by atoms with E-state index < -0.39 is 11.8 Å². The number of hydrogen-bond donors (Lipinski definition) is 0. The maximum absolute atomic E-state index is 13.5. The van der Waals surface area contributed by atoms with Gasteiger partial charge in [0.25, 0.3) is 5.92 Å². The minimum Gasteiger partial charge on any atom is -0.293 e. The van der Waals surface area contributed by atoms with Crippen molar-refractivity contribution in [2.75, 3.05) is 0 Å². The van der Waals surface area contributed by atoms with Crippen LogP contribution in [0.5, 0.6) is 0 Å². The highest BCUT2D eigenvalue weighted by molar-refractivity contribution is 7.12. The summed E-state index contributed by atoms with van der Waals surface area (Å²) in [6, 6.07) is 3.34. The quantitative estimate of drug-likeness (QED) is 0.707. The molecule has 82 valence electrons. The largest absolute Gasteiger partial charge is 0.293 e. The van der Waals surface area contributed by atoms with Gasteiger partial charge in [-0.1, -0.05) is 12.5 Å². The van der Waals surface area contributed by atoms with Crippen LogP contribution in [0.2, 0.25) is 0 Å². The third kappa shape index (κ3) is 2.09. The molecule has 0 amide bonds. The SMILES string of the molecule is O=C(c1cccs1)C1CCCCC1(F)F. The molecule has 1 fully saturated rings. The minimum atomic E-state index is -2.81. The van der Waals surface area contributed by atoms with Crippen LogP contribution in [0.15, 0.2) is 17.5 Å². The van der Waals surface area contributed by atoms with Crippen molar-refractivity contribution in [2.24, 2.45) is 5.92 Å². The molecule has 1 aromatic heterocycles. The fourth-order valence-corrected chi connectivity index (χ4v) is 2.73. The van der Waals surface area contributed by atoms with Crippen molar-refractivity contribution in [2.45, 2.75) is 31.6 Å². The van der Waals surface area contributed by atoms with Gasteiger partial charge in [0, 0.05) is 6.42 Å². The summed E-state index contributed by atoms with van der Waals surface area (Å²) in [5.74, 6) is -4.28. The fourth-order valence-electron chi connectivity index (χ4n) is 2.01. The lowest BCUT2D eigenvalue weighted by atomic mass is 9.82. The molecule has 1 atom stereocenters. The summed E-state index contributed by atoms with van der Waals surface area (Å²) in [5, 5.41) is 1.74. The zero-order valence-corrected chi connectivity index (χ0v) is 9.03. The maximum atomic E-state index is 13.5. The van der Waals surface area contributed by atoms with Crippen LogP contribution in [0.25, 0.3) is 0 Å². The standard InChI is InChI=1S/C11H12F2OS/c12-11(13)6-2-1-4-8(11)10(14)9-5-3-7-15-9/h3,5,7-8H,1-2,4,6H2. The summed E-state index contributed by atoms with van der Waals surface area (Å²) >= 11 is 1.24. The van der Waals surface area contributed by atoms with Crippen LogP contribution < -0.4 is 0 Å². The van der Waals surface area contributed by atoms with E-state index in [1.54, 1.807) is 17.5 Å². The second kappa shape index (κ2) is 4.00. The second-order valence-electron chi connectivity index (χ2n) is 3.90. The van der Waals surface area contributed by atoms with E-state index in [1.165, 1.54) is 11.3 Å². The molecule has 1 saturated carbocycles. The molecule has 4 heteroatoms. The van der Waals surface area contributed by atoms with Crippen molar-refractivity contribution in [3.05, 3.63) is 22.4 Å². The molecule has 0 bridgehead atoms. The molecule has 0 spiro atoms. The van der Waals surface area contributed by atoms with E-state index in [1.807, 2.05) is 0 Å². The molecule has 2 rings (SSSR count). The molecule has 0 N–H and O–H groups in total. The van der Waals surface area contributed by atoms with Gasteiger partial charge in [-0.05, 0) is 24.3 Å². The van der Waals surface area contributed by atoms with Crippen molar-refractivity contribution in [3.63, 3.8) is 0 Å². The average Bonchev–Trinajstić information content (AvgIpc) is 2.69. The molecule has 1 aliphatic carbocycles. The molecule has 0 saturated heterocycles.